The predicted molar refractivity (Wildman–Crippen MR) is 74.8 cm³/mol. The maximum absolute atomic E-state index is 12.2. The third-order valence-corrected chi connectivity index (χ3v) is 4.25. The predicted octanol–water partition coefficient (Wildman–Crippen LogP) is 2.82. The zero-order chi connectivity index (χ0) is 13.9. The highest BCUT2D eigenvalue weighted by molar-refractivity contribution is 6.17. The fourth-order valence-corrected chi connectivity index (χ4v) is 3.02. The molecule has 1 aliphatic heterocycles. The van der Waals surface area contributed by atoms with Crippen molar-refractivity contribution in [2.24, 2.45) is 17.3 Å². The lowest BCUT2D eigenvalue weighted by molar-refractivity contribution is -0.127. The van der Waals surface area contributed by atoms with Crippen molar-refractivity contribution in [1.82, 2.24) is 5.32 Å². The summed E-state index contributed by atoms with van der Waals surface area (Å²) in [5, 5.41) is 3.05. The van der Waals surface area contributed by atoms with Gasteiger partial charge in [-0.05, 0) is 31.6 Å². The summed E-state index contributed by atoms with van der Waals surface area (Å²) in [7, 11) is 0. The van der Waals surface area contributed by atoms with Crippen LogP contribution in [0, 0.1) is 17.3 Å². The molecule has 1 amide bonds. The van der Waals surface area contributed by atoms with Gasteiger partial charge < -0.3 is 10.1 Å². The summed E-state index contributed by atoms with van der Waals surface area (Å²) in [5.74, 6) is 0.976. The molecule has 0 bridgehead atoms. The summed E-state index contributed by atoms with van der Waals surface area (Å²) in [6.07, 6.45) is 1.06. The molecule has 4 unspecified atom stereocenters. The molecule has 0 spiro atoms. The highest BCUT2D eigenvalue weighted by Crippen LogP contribution is 2.32. The maximum atomic E-state index is 12.2. The summed E-state index contributed by atoms with van der Waals surface area (Å²) in [5.41, 5.74) is 0.0506. The minimum Gasteiger partial charge on any atom is -0.374 e. The first-order valence-electron chi connectivity index (χ1n) is 6.77. The monoisotopic (exact) mass is 275 g/mol. The third-order valence-electron chi connectivity index (χ3n) is 4.06. The van der Waals surface area contributed by atoms with Gasteiger partial charge in [0.25, 0.3) is 0 Å². The Hall–Kier alpha value is -0.280. The van der Waals surface area contributed by atoms with E-state index in [2.05, 4.69) is 26.1 Å². The van der Waals surface area contributed by atoms with Crippen LogP contribution in [0.25, 0.3) is 0 Å². The molecule has 4 heteroatoms. The van der Waals surface area contributed by atoms with Crippen molar-refractivity contribution in [3.8, 4) is 0 Å². The Morgan fingerprint density at radius 2 is 1.89 bits per heavy atom. The van der Waals surface area contributed by atoms with Gasteiger partial charge in [0.15, 0.2) is 0 Å². The van der Waals surface area contributed by atoms with Crippen molar-refractivity contribution < 1.29 is 9.53 Å². The summed E-state index contributed by atoms with van der Waals surface area (Å²) in [6.45, 7) is 11.0. The Morgan fingerprint density at radius 3 is 2.33 bits per heavy atom. The largest absolute Gasteiger partial charge is 0.374 e. The Kier molecular flexibility index (Phi) is 5.47. The highest BCUT2D eigenvalue weighted by atomic mass is 35.5. The zero-order valence-corrected chi connectivity index (χ0v) is 12.9. The molecule has 1 N–H and O–H groups in total. The summed E-state index contributed by atoms with van der Waals surface area (Å²) < 4.78 is 5.70. The Balaban J connectivity index is 2.51. The van der Waals surface area contributed by atoms with Gasteiger partial charge in [-0.1, -0.05) is 20.8 Å². The lowest BCUT2D eigenvalue weighted by Gasteiger charge is -2.26. The average Bonchev–Trinajstić information content (AvgIpc) is 2.50. The van der Waals surface area contributed by atoms with Gasteiger partial charge in [0.05, 0.1) is 18.1 Å². The molecule has 4 atom stereocenters. The van der Waals surface area contributed by atoms with Crippen LogP contribution >= 0.6 is 11.6 Å². The molecule has 0 aromatic rings. The van der Waals surface area contributed by atoms with E-state index in [-0.39, 0.29) is 35.4 Å². The number of amides is 1. The molecule has 1 heterocycles. The first kappa shape index (κ1) is 15.8. The fraction of sp³-hybridized carbons (Fsp3) is 0.929. The standard InChI is InChI=1S/C14H26ClNO2/c1-9-10(2)18-11(3)12(9)13(17)16-8-14(4,5)6-7-15/h9-12H,6-8H2,1-5H3,(H,16,17). The molecule has 1 saturated heterocycles. The van der Waals surface area contributed by atoms with Crippen LogP contribution in [0.1, 0.15) is 41.0 Å². The van der Waals surface area contributed by atoms with Crippen LogP contribution < -0.4 is 5.32 Å². The molecular formula is C14H26ClNO2. The van der Waals surface area contributed by atoms with Crippen LogP contribution in [-0.2, 0) is 9.53 Å². The van der Waals surface area contributed by atoms with Gasteiger partial charge in [-0.2, -0.15) is 0 Å². The number of nitrogens with one attached hydrogen (secondary N) is 1. The van der Waals surface area contributed by atoms with Gasteiger partial charge in [0.2, 0.25) is 5.91 Å². The first-order valence-corrected chi connectivity index (χ1v) is 7.31. The summed E-state index contributed by atoms with van der Waals surface area (Å²) >= 11 is 5.76. The molecule has 0 saturated carbocycles. The minimum atomic E-state index is -0.0354. The number of hydrogen-bond acceptors (Lipinski definition) is 2. The third kappa shape index (κ3) is 3.86. The fourth-order valence-electron chi connectivity index (χ4n) is 2.51. The number of carbonyl (C=O) groups is 1. The van der Waals surface area contributed by atoms with Crippen molar-refractivity contribution in [2.75, 3.05) is 12.4 Å². The van der Waals surface area contributed by atoms with E-state index in [0.717, 1.165) is 6.42 Å². The van der Waals surface area contributed by atoms with E-state index in [1.807, 2.05) is 13.8 Å². The number of carbonyl (C=O) groups excluding carboxylic acids is 1. The molecule has 0 aromatic carbocycles. The molecule has 0 aromatic heterocycles. The van der Waals surface area contributed by atoms with Crippen molar-refractivity contribution in [1.29, 1.82) is 0 Å². The zero-order valence-electron chi connectivity index (χ0n) is 12.1. The smallest absolute Gasteiger partial charge is 0.226 e. The van der Waals surface area contributed by atoms with E-state index in [9.17, 15) is 4.79 Å². The molecule has 0 radical (unpaired) electrons. The summed E-state index contributed by atoms with van der Waals surface area (Å²) in [4.78, 5) is 12.2. The van der Waals surface area contributed by atoms with E-state index in [4.69, 9.17) is 16.3 Å². The topological polar surface area (TPSA) is 38.3 Å². The number of alkyl halides is 1. The SMILES string of the molecule is CC1OC(C)C(C(=O)NCC(C)(C)CCCl)C1C. The number of halogens is 1. The molecule has 1 rings (SSSR count). The van der Waals surface area contributed by atoms with Gasteiger partial charge in [0, 0.05) is 12.4 Å². The lowest BCUT2D eigenvalue weighted by atomic mass is 9.87. The van der Waals surface area contributed by atoms with Crippen molar-refractivity contribution >= 4 is 17.5 Å². The van der Waals surface area contributed by atoms with Crippen LogP contribution in [0.15, 0.2) is 0 Å². The average molecular weight is 276 g/mol. The summed E-state index contributed by atoms with van der Waals surface area (Å²) in [6, 6.07) is 0. The van der Waals surface area contributed by atoms with Crippen LogP contribution in [0.4, 0.5) is 0 Å². The van der Waals surface area contributed by atoms with Gasteiger partial charge in [0.1, 0.15) is 0 Å². The number of rotatable bonds is 5. The van der Waals surface area contributed by atoms with Gasteiger partial charge >= 0.3 is 0 Å². The van der Waals surface area contributed by atoms with Crippen molar-refractivity contribution in [3.63, 3.8) is 0 Å². The Morgan fingerprint density at radius 1 is 1.28 bits per heavy atom. The Labute approximate surface area is 116 Å². The van der Waals surface area contributed by atoms with E-state index in [0.29, 0.717) is 12.4 Å². The molecule has 1 fully saturated rings. The number of ether oxygens (including phenoxy) is 1. The molecule has 0 aliphatic carbocycles. The first-order chi connectivity index (χ1) is 8.28. The maximum Gasteiger partial charge on any atom is 0.226 e. The quantitative estimate of drug-likeness (QED) is 0.784. The van der Waals surface area contributed by atoms with Crippen LogP contribution in [-0.4, -0.2) is 30.5 Å². The molecule has 18 heavy (non-hydrogen) atoms. The van der Waals surface area contributed by atoms with Crippen molar-refractivity contribution in [3.05, 3.63) is 0 Å². The van der Waals surface area contributed by atoms with Crippen LogP contribution in [0.5, 0.6) is 0 Å². The van der Waals surface area contributed by atoms with Gasteiger partial charge in [-0.15, -0.1) is 11.6 Å². The highest BCUT2D eigenvalue weighted by Gasteiger charge is 2.41. The molecule has 3 nitrogen and oxygen atoms in total. The molecular weight excluding hydrogens is 250 g/mol. The molecule has 106 valence electrons. The van der Waals surface area contributed by atoms with E-state index < -0.39 is 0 Å². The second kappa shape index (κ2) is 6.25. The second-order valence-corrected chi connectivity index (χ2v) is 6.63. The minimum absolute atomic E-state index is 0.00568. The van der Waals surface area contributed by atoms with E-state index in [1.54, 1.807) is 0 Å². The van der Waals surface area contributed by atoms with Gasteiger partial charge in [-0.3, -0.25) is 4.79 Å². The van der Waals surface area contributed by atoms with Crippen LogP contribution in [0.3, 0.4) is 0 Å². The van der Waals surface area contributed by atoms with Crippen molar-refractivity contribution in [2.45, 2.75) is 53.2 Å². The molecule has 1 aliphatic rings. The van der Waals surface area contributed by atoms with E-state index in [1.165, 1.54) is 0 Å². The number of hydrogen-bond donors (Lipinski definition) is 1. The normalized spacial score (nSPS) is 32.6. The van der Waals surface area contributed by atoms with Crippen LogP contribution in [0.2, 0.25) is 0 Å². The van der Waals surface area contributed by atoms with Gasteiger partial charge in [-0.25, -0.2) is 0 Å². The second-order valence-electron chi connectivity index (χ2n) is 6.25. The van der Waals surface area contributed by atoms with E-state index >= 15 is 0 Å². The Bertz CT molecular complexity index is 294. The lowest BCUT2D eigenvalue weighted by Crippen LogP contribution is -2.41.